The molecule has 0 radical (unpaired) electrons. The summed E-state index contributed by atoms with van der Waals surface area (Å²) >= 11 is 0. The summed E-state index contributed by atoms with van der Waals surface area (Å²) in [7, 11) is 2.18. The van der Waals surface area contributed by atoms with Crippen molar-refractivity contribution >= 4 is 11.6 Å². The Bertz CT molecular complexity index is 375. The predicted octanol–water partition coefficient (Wildman–Crippen LogP) is -0.740. The average Bonchev–Trinajstić information content (AvgIpc) is 2.30. The van der Waals surface area contributed by atoms with Crippen molar-refractivity contribution in [2.75, 3.05) is 32.0 Å². The van der Waals surface area contributed by atoms with E-state index >= 15 is 0 Å². The van der Waals surface area contributed by atoms with Crippen molar-refractivity contribution < 1.29 is 33.3 Å². The minimum atomic E-state index is 0. The number of hydrogen-bond donors (Lipinski definition) is 1. The van der Waals surface area contributed by atoms with Gasteiger partial charge in [0.25, 0.3) is 5.91 Å². The van der Waals surface area contributed by atoms with E-state index < -0.39 is 0 Å². The quantitative estimate of drug-likeness (QED) is 0.559. The Kier molecular flexibility index (Phi) is 6.08. The predicted molar refractivity (Wildman–Crippen MR) is 69.7 cm³/mol. The fourth-order valence-corrected chi connectivity index (χ4v) is 2.50. The Morgan fingerprint density at radius 3 is 2.39 bits per heavy atom. The molecule has 100 valence electrons. The largest absolute Gasteiger partial charge is 1.00 e. The number of piperidine rings is 1. The number of rotatable bonds is 3. The molecule has 3 nitrogen and oxygen atoms in total. The van der Waals surface area contributed by atoms with Crippen LogP contribution in [0, 0.1) is 0 Å². The molecule has 1 heterocycles. The number of carbonyl (C=O) groups is 1. The third-order valence-electron chi connectivity index (χ3n) is 3.48. The lowest BCUT2D eigenvalue weighted by molar-refractivity contribution is -0.906. The fraction of sp³-hybridized carbons (Fsp3) is 0.500. The molecular formula is C14H21IN2O. The lowest BCUT2D eigenvalue weighted by Gasteiger charge is -2.37. The second kappa shape index (κ2) is 7.09. The fourth-order valence-electron chi connectivity index (χ4n) is 2.50. The standard InChI is InChI=1S/C14H20N2O.HI/c1-16(10-6-3-7-11-16)12-14(17)15-13-8-4-2-5-9-13;/h2,4-5,8-9H,3,6-7,10-12H2,1H3;1H. The van der Waals surface area contributed by atoms with Crippen LogP contribution in [0.15, 0.2) is 30.3 Å². The first-order valence-electron chi connectivity index (χ1n) is 6.36. The average molecular weight is 360 g/mol. The molecule has 1 fully saturated rings. The first kappa shape index (κ1) is 15.4. The van der Waals surface area contributed by atoms with E-state index in [9.17, 15) is 4.79 Å². The van der Waals surface area contributed by atoms with Crippen molar-refractivity contribution in [3.63, 3.8) is 0 Å². The summed E-state index contributed by atoms with van der Waals surface area (Å²) in [5.41, 5.74) is 0.890. The van der Waals surface area contributed by atoms with Gasteiger partial charge in [0.15, 0.2) is 6.54 Å². The van der Waals surface area contributed by atoms with Gasteiger partial charge in [-0.3, -0.25) is 4.79 Å². The lowest BCUT2D eigenvalue weighted by Crippen LogP contribution is -3.00. The lowest BCUT2D eigenvalue weighted by atomic mass is 10.1. The molecular weight excluding hydrogens is 339 g/mol. The maximum atomic E-state index is 12.0. The Morgan fingerprint density at radius 1 is 1.17 bits per heavy atom. The molecule has 1 amide bonds. The highest BCUT2D eigenvalue weighted by Gasteiger charge is 2.27. The van der Waals surface area contributed by atoms with E-state index in [1.54, 1.807) is 0 Å². The monoisotopic (exact) mass is 360 g/mol. The van der Waals surface area contributed by atoms with Gasteiger partial charge in [-0.25, -0.2) is 0 Å². The second-order valence-electron chi connectivity index (χ2n) is 5.20. The first-order valence-corrected chi connectivity index (χ1v) is 6.36. The highest BCUT2D eigenvalue weighted by atomic mass is 127. The Morgan fingerprint density at radius 2 is 1.78 bits per heavy atom. The SMILES string of the molecule is C[N+]1(CC(=O)Nc2ccccc2)CCCCC1.[I-]. The summed E-state index contributed by atoms with van der Waals surface area (Å²) in [5.74, 6) is 0.126. The summed E-state index contributed by atoms with van der Waals surface area (Å²) in [6.07, 6.45) is 3.80. The topological polar surface area (TPSA) is 29.1 Å². The zero-order valence-electron chi connectivity index (χ0n) is 10.9. The van der Waals surface area contributed by atoms with Gasteiger partial charge in [-0.15, -0.1) is 0 Å². The molecule has 0 atom stereocenters. The van der Waals surface area contributed by atoms with E-state index in [1.165, 1.54) is 19.3 Å². The third kappa shape index (κ3) is 4.57. The van der Waals surface area contributed by atoms with Gasteiger partial charge in [0.2, 0.25) is 0 Å². The van der Waals surface area contributed by atoms with E-state index in [4.69, 9.17) is 0 Å². The van der Waals surface area contributed by atoms with Gasteiger partial charge < -0.3 is 33.8 Å². The van der Waals surface area contributed by atoms with Crippen LogP contribution in [-0.4, -0.2) is 37.1 Å². The zero-order valence-corrected chi connectivity index (χ0v) is 13.0. The number of carbonyl (C=O) groups excluding carboxylic acids is 1. The van der Waals surface area contributed by atoms with Crippen LogP contribution < -0.4 is 29.3 Å². The van der Waals surface area contributed by atoms with Crippen LogP contribution >= 0.6 is 0 Å². The van der Waals surface area contributed by atoms with E-state index in [0.717, 1.165) is 23.3 Å². The Hall–Kier alpha value is -0.620. The van der Waals surface area contributed by atoms with E-state index in [0.29, 0.717) is 6.54 Å². The van der Waals surface area contributed by atoms with Crippen molar-refractivity contribution in [1.29, 1.82) is 0 Å². The first-order chi connectivity index (χ1) is 8.18. The molecule has 0 unspecified atom stereocenters. The molecule has 1 aliphatic heterocycles. The van der Waals surface area contributed by atoms with Gasteiger partial charge in [-0.1, -0.05) is 18.2 Å². The number of likely N-dealkylation sites (tertiary alicyclic amines) is 1. The van der Waals surface area contributed by atoms with Gasteiger partial charge in [-0.05, 0) is 31.4 Å². The maximum Gasteiger partial charge on any atom is 0.279 e. The molecule has 1 N–H and O–H groups in total. The molecule has 0 saturated carbocycles. The molecule has 0 bridgehead atoms. The highest BCUT2D eigenvalue weighted by molar-refractivity contribution is 5.91. The number of para-hydroxylation sites is 1. The number of likely N-dealkylation sites (N-methyl/N-ethyl adjacent to an activating group) is 1. The molecule has 1 saturated heterocycles. The summed E-state index contributed by atoms with van der Waals surface area (Å²) in [6, 6.07) is 9.68. The van der Waals surface area contributed by atoms with Crippen LogP contribution in [0.1, 0.15) is 19.3 Å². The van der Waals surface area contributed by atoms with Crippen LogP contribution in [0.2, 0.25) is 0 Å². The number of hydrogen-bond acceptors (Lipinski definition) is 1. The van der Waals surface area contributed by atoms with Crippen molar-refractivity contribution in [2.45, 2.75) is 19.3 Å². The number of halogens is 1. The smallest absolute Gasteiger partial charge is 0.279 e. The van der Waals surface area contributed by atoms with Gasteiger partial charge in [0.05, 0.1) is 20.1 Å². The van der Waals surface area contributed by atoms with Crippen LogP contribution in [0.5, 0.6) is 0 Å². The van der Waals surface area contributed by atoms with Crippen LogP contribution in [0.3, 0.4) is 0 Å². The van der Waals surface area contributed by atoms with E-state index in [1.807, 2.05) is 30.3 Å². The van der Waals surface area contributed by atoms with Crippen molar-refractivity contribution in [3.8, 4) is 0 Å². The number of benzene rings is 1. The molecule has 4 heteroatoms. The molecule has 0 aromatic heterocycles. The van der Waals surface area contributed by atoms with E-state index in [-0.39, 0.29) is 29.9 Å². The number of anilines is 1. The van der Waals surface area contributed by atoms with Gasteiger partial charge in [0.1, 0.15) is 0 Å². The van der Waals surface area contributed by atoms with Gasteiger partial charge >= 0.3 is 0 Å². The minimum absolute atomic E-state index is 0. The van der Waals surface area contributed by atoms with Crippen molar-refractivity contribution in [2.24, 2.45) is 0 Å². The van der Waals surface area contributed by atoms with Crippen molar-refractivity contribution in [3.05, 3.63) is 30.3 Å². The van der Waals surface area contributed by atoms with Crippen LogP contribution in [0.4, 0.5) is 5.69 Å². The minimum Gasteiger partial charge on any atom is -1.00 e. The summed E-state index contributed by atoms with van der Waals surface area (Å²) in [6.45, 7) is 2.85. The van der Waals surface area contributed by atoms with Gasteiger partial charge in [-0.2, -0.15) is 0 Å². The number of amides is 1. The molecule has 1 aromatic carbocycles. The van der Waals surface area contributed by atoms with E-state index in [2.05, 4.69) is 12.4 Å². The zero-order chi connectivity index (χ0) is 12.1. The van der Waals surface area contributed by atoms with Crippen LogP contribution in [-0.2, 0) is 4.79 Å². The highest BCUT2D eigenvalue weighted by Crippen LogP contribution is 2.16. The Labute approximate surface area is 126 Å². The molecule has 0 spiro atoms. The molecule has 2 rings (SSSR count). The number of nitrogens with zero attached hydrogens (tertiary/aromatic N) is 1. The molecule has 18 heavy (non-hydrogen) atoms. The van der Waals surface area contributed by atoms with Crippen molar-refractivity contribution in [1.82, 2.24) is 0 Å². The normalized spacial score (nSPS) is 17.6. The maximum absolute atomic E-state index is 12.0. The third-order valence-corrected chi connectivity index (χ3v) is 3.48. The van der Waals surface area contributed by atoms with Crippen LogP contribution in [0.25, 0.3) is 0 Å². The van der Waals surface area contributed by atoms with Gasteiger partial charge in [0, 0.05) is 5.69 Å². The molecule has 1 aromatic rings. The number of quaternary nitrogens is 1. The number of nitrogens with one attached hydrogen (secondary N) is 1. The molecule has 0 aliphatic carbocycles. The summed E-state index contributed by atoms with van der Waals surface area (Å²) in [5, 5.41) is 2.96. The Balaban J connectivity index is 0.00000162. The molecule has 1 aliphatic rings. The summed E-state index contributed by atoms with van der Waals surface area (Å²) < 4.78 is 0.888. The summed E-state index contributed by atoms with van der Waals surface area (Å²) in [4.78, 5) is 12.0. The second-order valence-corrected chi connectivity index (χ2v) is 5.20.